The molecule has 0 aliphatic heterocycles. The molecular weight excluding hydrogens is 428 g/mol. The van der Waals surface area contributed by atoms with Crippen LogP contribution < -0.4 is 14.8 Å². The second-order valence-corrected chi connectivity index (χ2v) is 9.01. The highest BCUT2D eigenvalue weighted by atomic mass is 32.2. The Labute approximate surface area is 188 Å². The maximum Gasteiger partial charge on any atom is 0.337 e. The van der Waals surface area contributed by atoms with Gasteiger partial charge in [0.25, 0.3) is 0 Å². The fourth-order valence-corrected chi connectivity index (χ4v) is 4.52. The summed E-state index contributed by atoms with van der Waals surface area (Å²) in [6.45, 7) is 2.22. The van der Waals surface area contributed by atoms with E-state index in [1.165, 1.54) is 18.2 Å². The van der Waals surface area contributed by atoms with E-state index in [2.05, 4.69) is 10.0 Å². The van der Waals surface area contributed by atoms with E-state index in [0.717, 1.165) is 16.9 Å². The number of anilines is 1. The molecule has 0 radical (unpaired) electrons. The summed E-state index contributed by atoms with van der Waals surface area (Å²) >= 11 is 0. The van der Waals surface area contributed by atoms with Gasteiger partial charge in [-0.2, -0.15) is 0 Å². The topological polar surface area (TPSA) is 105 Å². The molecule has 0 saturated heterocycles. The number of benzene rings is 3. The normalized spacial score (nSPS) is 12.2. The Kier molecular flexibility index (Phi) is 7.50. The van der Waals surface area contributed by atoms with Crippen molar-refractivity contribution in [1.82, 2.24) is 4.72 Å². The summed E-state index contributed by atoms with van der Waals surface area (Å²) in [5, 5.41) is 12.7. The van der Waals surface area contributed by atoms with Crippen molar-refractivity contribution >= 4 is 21.7 Å². The molecule has 0 aliphatic carbocycles. The largest absolute Gasteiger partial charge is 0.497 e. The summed E-state index contributed by atoms with van der Waals surface area (Å²) in [7, 11) is -2.30. The molecule has 3 aromatic rings. The van der Waals surface area contributed by atoms with Crippen LogP contribution in [0.3, 0.4) is 0 Å². The lowest BCUT2D eigenvalue weighted by molar-refractivity contribution is 0.0697. The summed E-state index contributed by atoms with van der Waals surface area (Å²) < 4.78 is 33.4. The van der Waals surface area contributed by atoms with Crippen LogP contribution in [0.1, 0.15) is 34.5 Å². The quantitative estimate of drug-likeness (QED) is 0.426. The van der Waals surface area contributed by atoms with Gasteiger partial charge in [0.15, 0.2) is 0 Å². The van der Waals surface area contributed by atoms with Crippen molar-refractivity contribution in [2.75, 3.05) is 19.0 Å². The van der Waals surface area contributed by atoms with Gasteiger partial charge in [-0.3, -0.25) is 0 Å². The van der Waals surface area contributed by atoms with Gasteiger partial charge in [-0.25, -0.2) is 17.9 Å². The lowest BCUT2D eigenvalue weighted by Gasteiger charge is -2.16. The smallest absolute Gasteiger partial charge is 0.337 e. The van der Waals surface area contributed by atoms with Crippen LogP contribution in [0.15, 0.2) is 77.7 Å². The number of carbonyl (C=O) groups is 1. The Balaban J connectivity index is 1.72. The van der Waals surface area contributed by atoms with Gasteiger partial charge in [-0.05, 0) is 54.8 Å². The molecule has 3 N–H and O–H groups in total. The molecule has 8 heteroatoms. The Hall–Kier alpha value is -3.36. The highest BCUT2D eigenvalue weighted by Gasteiger charge is 2.21. The molecule has 3 rings (SSSR count). The van der Waals surface area contributed by atoms with Crippen LogP contribution in [-0.2, 0) is 16.4 Å². The molecule has 3 aromatic carbocycles. The Morgan fingerprint density at radius 2 is 1.72 bits per heavy atom. The van der Waals surface area contributed by atoms with E-state index in [1.807, 2.05) is 54.6 Å². The van der Waals surface area contributed by atoms with Gasteiger partial charge in [-0.1, -0.05) is 42.5 Å². The number of ether oxygens (including phenoxy) is 1. The molecule has 168 valence electrons. The Bertz CT molecular complexity index is 1160. The summed E-state index contributed by atoms with van der Waals surface area (Å²) in [5.41, 5.74) is 2.14. The van der Waals surface area contributed by atoms with Gasteiger partial charge in [0, 0.05) is 18.3 Å². The van der Waals surface area contributed by atoms with Crippen molar-refractivity contribution in [1.29, 1.82) is 0 Å². The number of rotatable bonds is 10. The van der Waals surface area contributed by atoms with Gasteiger partial charge >= 0.3 is 5.97 Å². The molecule has 0 bridgehead atoms. The molecular formula is C24H26N2O5S. The van der Waals surface area contributed by atoms with Gasteiger partial charge in [0.05, 0.1) is 17.6 Å². The molecule has 0 spiro atoms. The maximum atomic E-state index is 12.8. The number of carboxylic acids is 1. The van der Waals surface area contributed by atoms with Crippen LogP contribution in [0.25, 0.3) is 0 Å². The number of nitrogens with one attached hydrogen (secondary N) is 2. The molecule has 32 heavy (non-hydrogen) atoms. The second kappa shape index (κ2) is 10.3. The zero-order valence-electron chi connectivity index (χ0n) is 17.9. The standard InChI is InChI=1S/C24H26N2O5S/c1-17(19-6-4-3-5-7-19)26-32(29,30)21-12-13-23(22(16-21)24(27)28)25-15-14-18-8-10-20(31-2)11-9-18/h3-13,16-17,25-26H,14-15H2,1-2H3,(H,27,28)/t17-/m0/s1. The fourth-order valence-electron chi connectivity index (χ4n) is 3.27. The first kappa shape index (κ1) is 23.3. The Morgan fingerprint density at radius 1 is 1.03 bits per heavy atom. The first-order valence-corrected chi connectivity index (χ1v) is 11.6. The van der Waals surface area contributed by atoms with Crippen LogP contribution in [0.4, 0.5) is 5.69 Å². The number of methoxy groups -OCH3 is 1. The first-order chi connectivity index (χ1) is 15.3. The molecule has 0 aromatic heterocycles. The highest BCUT2D eigenvalue weighted by Crippen LogP contribution is 2.23. The number of sulfonamides is 1. The number of hydrogen-bond acceptors (Lipinski definition) is 5. The van der Waals surface area contributed by atoms with Crippen LogP contribution in [0, 0.1) is 0 Å². The fraction of sp³-hybridized carbons (Fsp3) is 0.208. The van der Waals surface area contributed by atoms with Crippen molar-refractivity contribution < 1.29 is 23.1 Å². The third-order valence-corrected chi connectivity index (χ3v) is 6.59. The number of carboxylic acid groups (broad SMARTS) is 1. The van der Waals surface area contributed by atoms with E-state index in [4.69, 9.17) is 4.74 Å². The summed E-state index contributed by atoms with van der Waals surface area (Å²) in [6, 6.07) is 20.4. The molecule has 7 nitrogen and oxygen atoms in total. The minimum atomic E-state index is -3.90. The second-order valence-electron chi connectivity index (χ2n) is 7.29. The molecule has 0 fully saturated rings. The number of aromatic carboxylic acids is 1. The molecule has 0 aliphatic rings. The van der Waals surface area contributed by atoms with Gasteiger partial charge in [-0.15, -0.1) is 0 Å². The molecule has 0 saturated carbocycles. The molecule has 0 amide bonds. The average Bonchev–Trinajstić information content (AvgIpc) is 2.79. The first-order valence-electron chi connectivity index (χ1n) is 10.1. The van der Waals surface area contributed by atoms with Gasteiger partial charge in [0.1, 0.15) is 5.75 Å². The van der Waals surface area contributed by atoms with Crippen LogP contribution in [-0.4, -0.2) is 33.1 Å². The van der Waals surface area contributed by atoms with Crippen LogP contribution >= 0.6 is 0 Å². The molecule has 1 atom stereocenters. The van der Waals surface area contributed by atoms with Crippen molar-refractivity contribution in [3.05, 3.63) is 89.5 Å². The third kappa shape index (κ3) is 5.87. The summed E-state index contributed by atoms with van der Waals surface area (Å²) in [6.07, 6.45) is 0.666. The summed E-state index contributed by atoms with van der Waals surface area (Å²) in [4.78, 5) is 11.7. The Morgan fingerprint density at radius 3 is 2.34 bits per heavy atom. The van der Waals surface area contributed by atoms with E-state index >= 15 is 0 Å². The molecule has 0 heterocycles. The lowest BCUT2D eigenvalue weighted by Crippen LogP contribution is -2.27. The van der Waals surface area contributed by atoms with Crippen LogP contribution in [0.5, 0.6) is 5.75 Å². The lowest BCUT2D eigenvalue weighted by atomic mass is 10.1. The minimum Gasteiger partial charge on any atom is -0.497 e. The highest BCUT2D eigenvalue weighted by molar-refractivity contribution is 7.89. The van der Waals surface area contributed by atoms with E-state index in [1.54, 1.807) is 14.0 Å². The summed E-state index contributed by atoms with van der Waals surface area (Å²) in [5.74, 6) is -0.438. The molecule has 0 unspecified atom stereocenters. The zero-order valence-corrected chi connectivity index (χ0v) is 18.7. The van der Waals surface area contributed by atoms with Crippen molar-refractivity contribution in [2.24, 2.45) is 0 Å². The van der Waals surface area contributed by atoms with Crippen molar-refractivity contribution in [3.63, 3.8) is 0 Å². The minimum absolute atomic E-state index is 0.0987. The SMILES string of the molecule is COc1ccc(CCNc2ccc(S(=O)(=O)N[C@@H](C)c3ccccc3)cc2C(=O)O)cc1. The maximum absolute atomic E-state index is 12.8. The van der Waals surface area contributed by atoms with E-state index in [-0.39, 0.29) is 10.5 Å². The van der Waals surface area contributed by atoms with E-state index in [0.29, 0.717) is 18.7 Å². The average molecular weight is 455 g/mol. The third-order valence-electron chi connectivity index (χ3n) is 5.05. The van der Waals surface area contributed by atoms with Crippen molar-refractivity contribution in [3.8, 4) is 5.75 Å². The van der Waals surface area contributed by atoms with Crippen LogP contribution in [0.2, 0.25) is 0 Å². The predicted molar refractivity (Wildman–Crippen MR) is 124 cm³/mol. The van der Waals surface area contributed by atoms with E-state index in [9.17, 15) is 18.3 Å². The number of hydrogen-bond donors (Lipinski definition) is 3. The predicted octanol–water partition coefficient (Wildman–Crippen LogP) is 4.09. The van der Waals surface area contributed by atoms with E-state index < -0.39 is 22.0 Å². The van der Waals surface area contributed by atoms with Gasteiger partial charge in [0.2, 0.25) is 10.0 Å². The van der Waals surface area contributed by atoms with Gasteiger partial charge < -0.3 is 15.2 Å². The monoisotopic (exact) mass is 454 g/mol. The zero-order chi connectivity index (χ0) is 23.1. The van der Waals surface area contributed by atoms with Crippen molar-refractivity contribution in [2.45, 2.75) is 24.3 Å².